The van der Waals surface area contributed by atoms with Crippen LogP contribution in [0.5, 0.6) is 0 Å². The van der Waals surface area contributed by atoms with Crippen LogP contribution >= 0.6 is 0 Å². The van der Waals surface area contributed by atoms with Crippen molar-refractivity contribution in [2.24, 2.45) is 11.8 Å². The molecule has 1 aliphatic rings. The molecule has 57 valence electrons. The molecule has 0 heteroatoms. The van der Waals surface area contributed by atoms with Crippen molar-refractivity contribution in [2.75, 3.05) is 0 Å². The number of hydrogen-bond donors (Lipinski definition) is 0. The first kappa shape index (κ1) is 7.84. The van der Waals surface area contributed by atoms with Crippen LogP contribution in [0.15, 0.2) is 12.2 Å². The van der Waals surface area contributed by atoms with Gasteiger partial charge in [-0.05, 0) is 31.6 Å². The minimum Gasteiger partial charge on any atom is -0.0854 e. The monoisotopic (exact) mass is 137 g/mol. The van der Waals surface area contributed by atoms with Gasteiger partial charge >= 0.3 is 0 Å². The van der Waals surface area contributed by atoms with Gasteiger partial charge in [-0.25, -0.2) is 0 Å². The van der Waals surface area contributed by atoms with Gasteiger partial charge < -0.3 is 0 Å². The molecule has 2 unspecified atom stereocenters. The Morgan fingerprint density at radius 2 is 1.90 bits per heavy atom. The Morgan fingerprint density at radius 1 is 1.20 bits per heavy atom. The van der Waals surface area contributed by atoms with E-state index >= 15 is 0 Å². The fourth-order valence-electron chi connectivity index (χ4n) is 1.41. The van der Waals surface area contributed by atoms with E-state index in [0.29, 0.717) is 5.92 Å². The molecule has 10 heavy (non-hydrogen) atoms. The van der Waals surface area contributed by atoms with Crippen molar-refractivity contribution in [3.63, 3.8) is 0 Å². The van der Waals surface area contributed by atoms with Gasteiger partial charge in [-0.1, -0.05) is 31.9 Å². The average molecular weight is 137 g/mol. The van der Waals surface area contributed by atoms with Crippen molar-refractivity contribution in [3.8, 4) is 0 Å². The second-order valence-corrected chi connectivity index (χ2v) is 3.41. The predicted octanol–water partition coefficient (Wildman–Crippen LogP) is 3.20. The molecule has 0 aliphatic heterocycles. The van der Waals surface area contributed by atoms with Crippen molar-refractivity contribution in [1.82, 2.24) is 0 Å². The lowest BCUT2D eigenvalue weighted by atomic mass is 9.93. The van der Waals surface area contributed by atoms with Crippen molar-refractivity contribution in [3.05, 3.63) is 19.1 Å². The molecule has 0 fully saturated rings. The van der Waals surface area contributed by atoms with Crippen LogP contribution in [0.25, 0.3) is 0 Å². The summed E-state index contributed by atoms with van der Waals surface area (Å²) < 4.78 is 0. The number of allylic oxidation sites excluding steroid dienone is 2. The minimum atomic E-state index is 0.572. The summed E-state index contributed by atoms with van der Waals surface area (Å²) in [5.41, 5.74) is 0. The van der Waals surface area contributed by atoms with Crippen LogP contribution in [-0.4, -0.2) is 0 Å². The molecule has 0 heterocycles. The first-order valence-electron chi connectivity index (χ1n) is 4.30. The molecule has 2 atom stereocenters. The number of hydrogen-bond acceptors (Lipinski definition) is 0. The first-order chi connectivity index (χ1) is 4.79. The second kappa shape index (κ2) is 3.80. The lowest BCUT2D eigenvalue weighted by molar-refractivity contribution is 0.520. The van der Waals surface area contributed by atoms with Gasteiger partial charge in [0.05, 0.1) is 0 Å². The molecule has 1 rings (SSSR count). The van der Waals surface area contributed by atoms with E-state index in [-0.39, 0.29) is 0 Å². The second-order valence-electron chi connectivity index (χ2n) is 3.41. The maximum Gasteiger partial charge on any atom is -0.0233 e. The van der Waals surface area contributed by atoms with Gasteiger partial charge in [0.25, 0.3) is 0 Å². The smallest absolute Gasteiger partial charge is 0.0233 e. The van der Waals surface area contributed by atoms with E-state index in [0.717, 1.165) is 5.92 Å². The predicted molar refractivity (Wildman–Crippen MR) is 45.6 cm³/mol. The summed E-state index contributed by atoms with van der Waals surface area (Å²) >= 11 is 0. The van der Waals surface area contributed by atoms with E-state index in [2.05, 4.69) is 26.0 Å². The van der Waals surface area contributed by atoms with Crippen molar-refractivity contribution in [1.29, 1.82) is 0 Å². The molecular formula is C10H17. The summed E-state index contributed by atoms with van der Waals surface area (Å²) in [4.78, 5) is 0. The molecule has 0 aromatic heterocycles. The molecule has 0 spiro atoms. The quantitative estimate of drug-likeness (QED) is 0.450. The molecule has 0 saturated heterocycles. The highest BCUT2D eigenvalue weighted by Crippen LogP contribution is 2.19. The molecule has 0 aromatic carbocycles. The fraction of sp³-hybridized carbons (Fsp3) is 0.700. The lowest BCUT2D eigenvalue weighted by Gasteiger charge is -2.13. The standard InChI is InChI=1S/C10H17/c1-9-5-3-4-6-10(2)8-7-9/h7-10H,1,3-6H2,2H3/b8-7-. The third kappa shape index (κ3) is 2.55. The van der Waals surface area contributed by atoms with Crippen LogP contribution in [-0.2, 0) is 0 Å². The summed E-state index contributed by atoms with van der Waals surface area (Å²) in [5.74, 6) is 1.35. The third-order valence-corrected chi connectivity index (χ3v) is 2.20. The van der Waals surface area contributed by atoms with Crippen LogP contribution in [0.3, 0.4) is 0 Å². The Balaban J connectivity index is 2.42. The Hall–Kier alpha value is -0.260. The Labute approximate surface area is 64.3 Å². The summed E-state index contributed by atoms with van der Waals surface area (Å²) in [6.45, 7) is 6.33. The Kier molecular flexibility index (Phi) is 2.98. The van der Waals surface area contributed by atoms with Gasteiger partial charge in [-0.2, -0.15) is 0 Å². The van der Waals surface area contributed by atoms with Crippen molar-refractivity contribution < 1.29 is 0 Å². The average Bonchev–Trinajstić information content (AvgIpc) is 1.90. The molecule has 0 saturated carbocycles. The molecule has 0 aromatic rings. The fourth-order valence-corrected chi connectivity index (χ4v) is 1.41. The van der Waals surface area contributed by atoms with Crippen molar-refractivity contribution >= 4 is 0 Å². The van der Waals surface area contributed by atoms with E-state index in [1.807, 2.05) is 0 Å². The van der Waals surface area contributed by atoms with E-state index in [4.69, 9.17) is 0 Å². The lowest BCUT2D eigenvalue weighted by Crippen LogP contribution is -1.98. The highest BCUT2D eigenvalue weighted by Gasteiger charge is 2.04. The van der Waals surface area contributed by atoms with Crippen LogP contribution in [0.2, 0.25) is 0 Å². The Bertz CT molecular complexity index is 99.2. The van der Waals surface area contributed by atoms with E-state index in [1.54, 1.807) is 0 Å². The van der Waals surface area contributed by atoms with Crippen LogP contribution in [0.1, 0.15) is 32.6 Å². The van der Waals surface area contributed by atoms with Gasteiger partial charge in [-0.3, -0.25) is 0 Å². The summed E-state index contributed by atoms with van der Waals surface area (Å²) in [7, 11) is 0. The van der Waals surface area contributed by atoms with E-state index < -0.39 is 0 Å². The highest BCUT2D eigenvalue weighted by molar-refractivity contribution is 4.94. The van der Waals surface area contributed by atoms with Gasteiger partial charge in [-0.15, -0.1) is 0 Å². The van der Waals surface area contributed by atoms with Gasteiger partial charge in [0.1, 0.15) is 0 Å². The first-order valence-corrected chi connectivity index (χ1v) is 4.30. The zero-order valence-electron chi connectivity index (χ0n) is 6.84. The van der Waals surface area contributed by atoms with Gasteiger partial charge in [0.15, 0.2) is 0 Å². The van der Waals surface area contributed by atoms with E-state index in [1.165, 1.54) is 25.7 Å². The van der Waals surface area contributed by atoms with E-state index in [9.17, 15) is 0 Å². The molecule has 1 radical (unpaired) electrons. The van der Waals surface area contributed by atoms with Crippen LogP contribution in [0, 0.1) is 18.8 Å². The molecular weight excluding hydrogens is 120 g/mol. The molecule has 0 N–H and O–H groups in total. The summed E-state index contributed by atoms with van der Waals surface area (Å²) in [6, 6.07) is 0. The molecule has 1 aliphatic carbocycles. The third-order valence-electron chi connectivity index (χ3n) is 2.20. The largest absolute Gasteiger partial charge is 0.0854 e. The molecule has 0 nitrogen and oxygen atoms in total. The molecule has 0 bridgehead atoms. The van der Waals surface area contributed by atoms with Crippen LogP contribution in [0.4, 0.5) is 0 Å². The topological polar surface area (TPSA) is 0 Å². The minimum absolute atomic E-state index is 0.572. The van der Waals surface area contributed by atoms with Crippen molar-refractivity contribution in [2.45, 2.75) is 32.6 Å². The van der Waals surface area contributed by atoms with Crippen LogP contribution < -0.4 is 0 Å². The summed E-state index contributed by atoms with van der Waals surface area (Å²) in [6.07, 6.45) is 9.98. The normalized spacial score (nSPS) is 38.2. The molecule has 0 amide bonds. The number of rotatable bonds is 0. The maximum absolute atomic E-state index is 4.05. The van der Waals surface area contributed by atoms with Gasteiger partial charge in [0, 0.05) is 0 Å². The zero-order valence-corrected chi connectivity index (χ0v) is 6.84. The Morgan fingerprint density at radius 3 is 2.70 bits per heavy atom. The highest BCUT2D eigenvalue weighted by atomic mass is 14.1. The van der Waals surface area contributed by atoms with Gasteiger partial charge in [0.2, 0.25) is 0 Å². The maximum atomic E-state index is 4.05. The zero-order chi connectivity index (χ0) is 7.40. The SMILES string of the molecule is [CH2]C1/C=C\C(C)CCCC1. The summed E-state index contributed by atoms with van der Waals surface area (Å²) in [5, 5.41) is 0.